The van der Waals surface area contributed by atoms with E-state index in [0.29, 0.717) is 21.4 Å². The summed E-state index contributed by atoms with van der Waals surface area (Å²) in [5.41, 5.74) is 0.357. The van der Waals surface area contributed by atoms with Gasteiger partial charge in [-0.1, -0.05) is 35.3 Å². The number of hydrogen-bond donors (Lipinski definition) is 1. The van der Waals surface area contributed by atoms with Crippen molar-refractivity contribution in [3.8, 4) is 11.5 Å². The summed E-state index contributed by atoms with van der Waals surface area (Å²) in [6.45, 7) is 1.53. The summed E-state index contributed by atoms with van der Waals surface area (Å²) in [6, 6.07) is 8.95. The predicted molar refractivity (Wildman–Crippen MR) is 73.6 cm³/mol. The number of aliphatic hydroxyl groups is 1. The molecular weight excluding hydrogens is 290 g/mol. The van der Waals surface area contributed by atoms with Gasteiger partial charge in [-0.2, -0.15) is 0 Å². The molecule has 0 bridgehead atoms. The van der Waals surface area contributed by atoms with Gasteiger partial charge in [-0.05, 0) is 31.2 Å². The summed E-state index contributed by atoms with van der Waals surface area (Å²) in [7, 11) is 0. The third kappa shape index (κ3) is 3.38. The lowest BCUT2D eigenvalue weighted by Crippen LogP contribution is -1.98. The maximum Gasteiger partial charge on any atom is 0.168 e. The largest absolute Gasteiger partial charge is 0.454 e. The summed E-state index contributed by atoms with van der Waals surface area (Å²) >= 11 is 11.7. The maximum absolute atomic E-state index is 13.8. The Morgan fingerprint density at radius 3 is 2.37 bits per heavy atom. The fourth-order valence-electron chi connectivity index (χ4n) is 1.67. The van der Waals surface area contributed by atoms with E-state index < -0.39 is 11.9 Å². The number of aliphatic hydroxyl groups excluding tert-OH is 1. The molecule has 2 aromatic carbocycles. The summed E-state index contributed by atoms with van der Waals surface area (Å²) in [6.07, 6.45) is -0.847. The lowest BCUT2D eigenvalue weighted by Gasteiger charge is -2.14. The van der Waals surface area contributed by atoms with E-state index in [1.54, 1.807) is 12.1 Å². The average Bonchev–Trinajstić information content (AvgIpc) is 2.30. The van der Waals surface area contributed by atoms with E-state index in [2.05, 4.69) is 0 Å². The molecule has 5 heteroatoms. The molecule has 0 heterocycles. The fourth-order valence-corrected chi connectivity index (χ4v) is 2.17. The van der Waals surface area contributed by atoms with Crippen molar-refractivity contribution >= 4 is 23.2 Å². The zero-order valence-corrected chi connectivity index (χ0v) is 11.5. The maximum atomic E-state index is 13.8. The molecule has 100 valence electrons. The Kier molecular flexibility index (Phi) is 4.30. The molecule has 2 aromatic rings. The van der Waals surface area contributed by atoms with E-state index in [0.717, 1.165) is 0 Å². The molecule has 0 saturated heterocycles. The van der Waals surface area contributed by atoms with Gasteiger partial charge in [0.2, 0.25) is 0 Å². The highest BCUT2D eigenvalue weighted by molar-refractivity contribution is 6.34. The Bertz CT molecular complexity index is 580. The zero-order valence-electron chi connectivity index (χ0n) is 10.0. The molecule has 0 unspecified atom stereocenters. The highest BCUT2D eigenvalue weighted by atomic mass is 35.5. The number of para-hydroxylation sites is 1. The van der Waals surface area contributed by atoms with Gasteiger partial charge in [0, 0.05) is 15.6 Å². The van der Waals surface area contributed by atoms with Crippen LogP contribution in [0.4, 0.5) is 4.39 Å². The highest BCUT2D eigenvalue weighted by Crippen LogP contribution is 2.34. The van der Waals surface area contributed by atoms with E-state index in [1.165, 1.54) is 31.2 Å². The van der Waals surface area contributed by atoms with Crippen LogP contribution in [0.2, 0.25) is 10.0 Å². The van der Waals surface area contributed by atoms with Crippen molar-refractivity contribution in [3.63, 3.8) is 0 Å². The first-order valence-corrected chi connectivity index (χ1v) is 6.33. The quantitative estimate of drug-likeness (QED) is 0.866. The van der Waals surface area contributed by atoms with E-state index in [1.807, 2.05) is 0 Å². The Balaban J connectivity index is 2.42. The second-order valence-electron chi connectivity index (χ2n) is 4.04. The minimum Gasteiger partial charge on any atom is -0.454 e. The second-order valence-corrected chi connectivity index (χ2v) is 4.91. The van der Waals surface area contributed by atoms with Crippen molar-refractivity contribution < 1.29 is 14.2 Å². The van der Waals surface area contributed by atoms with Gasteiger partial charge in [0.1, 0.15) is 5.75 Å². The molecule has 0 aromatic heterocycles. The molecule has 19 heavy (non-hydrogen) atoms. The minimum atomic E-state index is -0.847. The Morgan fingerprint density at radius 1 is 1.16 bits per heavy atom. The van der Waals surface area contributed by atoms with Gasteiger partial charge >= 0.3 is 0 Å². The van der Waals surface area contributed by atoms with Gasteiger partial charge in [-0.3, -0.25) is 0 Å². The molecule has 1 atom stereocenters. The van der Waals surface area contributed by atoms with Gasteiger partial charge in [0.15, 0.2) is 11.6 Å². The third-order valence-electron chi connectivity index (χ3n) is 2.50. The molecule has 0 saturated carbocycles. The first-order valence-electron chi connectivity index (χ1n) is 5.58. The standard InChI is InChI=1S/C14H11Cl2FO2/c1-8(18)12-3-2-4-13(17)14(12)19-11-6-9(15)5-10(16)7-11/h2-8,18H,1H3/t8-/m1/s1. The van der Waals surface area contributed by atoms with Crippen molar-refractivity contribution in [2.75, 3.05) is 0 Å². The molecule has 0 amide bonds. The molecule has 0 spiro atoms. The van der Waals surface area contributed by atoms with Crippen LogP contribution in [-0.2, 0) is 0 Å². The molecule has 0 radical (unpaired) electrons. The van der Waals surface area contributed by atoms with Crippen molar-refractivity contribution in [1.82, 2.24) is 0 Å². The zero-order chi connectivity index (χ0) is 14.0. The Morgan fingerprint density at radius 2 is 1.79 bits per heavy atom. The van der Waals surface area contributed by atoms with Crippen LogP contribution in [0.25, 0.3) is 0 Å². The van der Waals surface area contributed by atoms with Crippen molar-refractivity contribution in [2.45, 2.75) is 13.0 Å². The third-order valence-corrected chi connectivity index (χ3v) is 2.94. The van der Waals surface area contributed by atoms with Crippen LogP contribution in [-0.4, -0.2) is 5.11 Å². The van der Waals surface area contributed by atoms with Crippen molar-refractivity contribution in [2.24, 2.45) is 0 Å². The molecule has 2 rings (SSSR count). The molecule has 0 aliphatic rings. The molecule has 0 fully saturated rings. The van der Waals surface area contributed by atoms with E-state index >= 15 is 0 Å². The summed E-state index contributed by atoms with van der Waals surface area (Å²) in [5, 5.41) is 10.4. The van der Waals surface area contributed by atoms with Crippen molar-refractivity contribution in [1.29, 1.82) is 0 Å². The molecular formula is C14H11Cl2FO2. The molecule has 1 N–H and O–H groups in total. The average molecular weight is 301 g/mol. The second kappa shape index (κ2) is 5.78. The predicted octanol–water partition coefficient (Wildman–Crippen LogP) is 4.98. The van der Waals surface area contributed by atoms with E-state index in [4.69, 9.17) is 27.9 Å². The van der Waals surface area contributed by atoms with Crippen LogP contribution in [0.15, 0.2) is 36.4 Å². The van der Waals surface area contributed by atoms with E-state index in [-0.39, 0.29) is 5.75 Å². The first-order chi connectivity index (χ1) is 8.97. The SMILES string of the molecule is C[C@@H](O)c1cccc(F)c1Oc1cc(Cl)cc(Cl)c1. The smallest absolute Gasteiger partial charge is 0.168 e. The number of ether oxygens (including phenoxy) is 1. The van der Waals surface area contributed by atoms with Gasteiger partial charge in [0.05, 0.1) is 6.10 Å². The van der Waals surface area contributed by atoms with E-state index in [9.17, 15) is 9.50 Å². The van der Waals surface area contributed by atoms with Crippen LogP contribution in [0.1, 0.15) is 18.6 Å². The Labute approximate surface area is 120 Å². The van der Waals surface area contributed by atoms with Gasteiger partial charge in [-0.25, -0.2) is 4.39 Å². The molecule has 2 nitrogen and oxygen atoms in total. The number of hydrogen-bond acceptors (Lipinski definition) is 2. The van der Waals surface area contributed by atoms with Crippen LogP contribution in [0, 0.1) is 5.82 Å². The lowest BCUT2D eigenvalue weighted by atomic mass is 10.1. The topological polar surface area (TPSA) is 29.5 Å². The summed E-state index contributed by atoms with van der Waals surface area (Å²) in [5.74, 6) is -0.283. The number of rotatable bonds is 3. The highest BCUT2D eigenvalue weighted by Gasteiger charge is 2.15. The van der Waals surface area contributed by atoms with Crippen LogP contribution in [0.5, 0.6) is 11.5 Å². The number of halogens is 3. The Hall–Kier alpha value is -1.29. The van der Waals surface area contributed by atoms with Gasteiger partial charge in [-0.15, -0.1) is 0 Å². The van der Waals surface area contributed by atoms with Crippen LogP contribution in [0.3, 0.4) is 0 Å². The first kappa shape index (κ1) is 14.1. The van der Waals surface area contributed by atoms with Crippen LogP contribution >= 0.6 is 23.2 Å². The monoisotopic (exact) mass is 300 g/mol. The summed E-state index contributed by atoms with van der Waals surface area (Å²) in [4.78, 5) is 0. The minimum absolute atomic E-state index is 0.0316. The number of benzene rings is 2. The fraction of sp³-hybridized carbons (Fsp3) is 0.143. The summed E-state index contributed by atoms with van der Waals surface area (Å²) < 4.78 is 19.3. The molecule has 0 aliphatic heterocycles. The normalized spacial score (nSPS) is 12.3. The van der Waals surface area contributed by atoms with Crippen LogP contribution < -0.4 is 4.74 Å². The lowest BCUT2D eigenvalue weighted by molar-refractivity contribution is 0.194. The molecule has 0 aliphatic carbocycles. The van der Waals surface area contributed by atoms with Gasteiger partial charge < -0.3 is 9.84 Å². The van der Waals surface area contributed by atoms with Gasteiger partial charge in [0.25, 0.3) is 0 Å². The van der Waals surface area contributed by atoms with Crippen molar-refractivity contribution in [3.05, 3.63) is 57.8 Å².